The molecule has 1 aromatic rings. The van der Waals surface area contributed by atoms with Gasteiger partial charge in [-0.2, -0.15) is 0 Å². The van der Waals surface area contributed by atoms with Crippen molar-refractivity contribution in [2.75, 3.05) is 13.1 Å². The number of piperidine rings is 1. The molecule has 1 saturated heterocycles. The van der Waals surface area contributed by atoms with Crippen molar-refractivity contribution in [1.29, 1.82) is 0 Å². The molecule has 1 amide bonds. The molecule has 0 spiro atoms. The van der Waals surface area contributed by atoms with Crippen molar-refractivity contribution < 1.29 is 19.5 Å². The Kier molecular flexibility index (Phi) is 4.39. The summed E-state index contributed by atoms with van der Waals surface area (Å²) >= 11 is 5.90. The molecule has 1 aromatic carbocycles. The highest BCUT2D eigenvalue weighted by Gasteiger charge is 2.31. The topological polar surface area (TPSA) is 74.7 Å². The fourth-order valence-electron chi connectivity index (χ4n) is 2.27. The van der Waals surface area contributed by atoms with Gasteiger partial charge in [-0.3, -0.25) is 14.4 Å². The van der Waals surface area contributed by atoms with E-state index in [1.165, 1.54) is 11.0 Å². The van der Waals surface area contributed by atoms with Gasteiger partial charge in [-0.15, -0.1) is 0 Å². The Balaban J connectivity index is 2.13. The van der Waals surface area contributed by atoms with Crippen molar-refractivity contribution in [2.24, 2.45) is 5.92 Å². The molecule has 1 atom stereocenters. The quantitative estimate of drug-likeness (QED) is 0.682. The predicted molar refractivity (Wildman–Crippen MR) is 72.7 cm³/mol. The maximum absolute atomic E-state index is 12.1. The second kappa shape index (κ2) is 6.05. The van der Waals surface area contributed by atoms with Crippen LogP contribution in [0.4, 0.5) is 0 Å². The number of halogens is 1. The molecule has 1 aliphatic rings. The van der Waals surface area contributed by atoms with Crippen molar-refractivity contribution >= 4 is 29.3 Å². The van der Waals surface area contributed by atoms with Gasteiger partial charge in [-0.25, -0.2) is 0 Å². The molecule has 0 radical (unpaired) electrons. The largest absolute Gasteiger partial charge is 0.481 e. The van der Waals surface area contributed by atoms with E-state index in [1.807, 2.05) is 0 Å². The smallest absolute Gasteiger partial charge is 0.308 e. The third-order valence-corrected chi connectivity index (χ3v) is 3.70. The van der Waals surface area contributed by atoms with Gasteiger partial charge in [-0.05, 0) is 25.0 Å². The van der Waals surface area contributed by atoms with Crippen molar-refractivity contribution in [1.82, 2.24) is 4.90 Å². The van der Waals surface area contributed by atoms with E-state index in [4.69, 9.17) is 16.7 Å². The zero-order chi connectivity index (χ0) is 14.7. The van der Waals surface area contributed by atoms with Crippen molar-refractivity contribution in [2.45, 2.75) is 12.8 Å². The van der Waals surface area contributed by atoms with E-state index in [1.54, 1.807) is 18.2 Å². The summed E-state index contributed by atoms with van der Waals surface area (Å²) in [4.78, 5) is 36.5. The highest BCUT2D eigenvalue weighted by molar-refractivity contribution is 6.46. The van der Waals surface area contributed by atoms with Gasteiger partial charge in [-0.1, -0.05) is 23.7 Å². The first-order valence-corrected chi connectivity index (χ1v) is 6.69. The Hall–Kier alpha value is -1.88. The second-order valence-electron chi connectivity index (χ2n) is 4.74. The number of benzene rings is 1. The first-order chi connectivity index (χ1) is 9.50. The Bertz CT molecular complexity index is 558. The molecule has 1 heterocycles. The third-order valence-electron chi connectivity index (χ3n) is 3.37. The lowest BCUT2D eigenvalue weighted by Gasteiger charge is -2.30. The number of hydrogen-bond acceptors (Lipinski definition) is 3. The number of Topliss-reactive ketones (excluding diaryl/α,β-unsaturated/α-hetero) is 1. The van der Waals surface area contributed by atoms with Crippen LogP contribution in [0.3, 0.4) is 0 Å². The summed E-state index contributed by atoms with van der Waals surface area (Å²) in [7, 11) is 0. The number of amides is 1. The lowest BCUT2D eigenvalue weighted by Crippen LogP contribution is -2.45. The minimum absolute atomic E-state index is 0.0738. The van der Waals surface area contributed by atoms with Crippen LogP contribution in [0.1, 0.15) is 23.2 Å². The van der Waals surface area contributed by atoms with E-state index >= 15 is 0 Å². The maximum atomic E-state index is 12.1. The van der Waals surface area contributed by atoms with Gasteiger partial charge < -0.3 is 10.0 Å². The summed E-state index contributed by atoms with van der Waals surface area (Å²) < 4.78 is 0. The van der Waals surface area contributed by atoms with Gasteiger partial charge >= 0.3 is 5.97 Å². The van der Waals surface area contributed by atoms with Crippen LogP contribution in [0, 0.1) is 5.92 Å². The average Bonchev–Trinajstić information content (AvgIpc) is 2.46. The number of carbonyl (C=O) groups is 3. The van der Waals surface area contributed by atoms with E-state index in [0.29, 0.717) is 19.4 Å². The van der Waals surface area contributed by atoms with Gasteiger partial charge in [0.25, 0.3) is 11.7 Å². The Labute approximate surface area is 121 Å². The first-order valence-electron chi connectivity index (χ1n) is 6.31. The molecule has 2 rings (SSSR count). The SMILES string of the molecule is O=C(C(=O)N1CCCC(C(=O)O)C1)c1ccccc1Cl. The number of rotatable bonds is 3. The van der Waals surface area contributed by atoms with E-state index in [-0.39, 0.29) is 17.1 Å². The van der Waals surface area contributed by atoms with Gasteiger partial charge in [0.05, 0.1) is 10.9 Å². The molecule has 5 nitrogen and oxygen atoms in total. The zero-order valence-corrected chi connectivity index (χ0v) is 11.5. The van der Waals surface area contributed by atoms with Crippen LogP contribution in [0.5, 0.6) is 0 Å². The molecule has 106 valence electrons. The van der Waals surface area contributed by atoms with Gasteiger partial charge in [0.15, 0.2) is 0 Å². The van der Waals surface area contributed by atoms with Gasteiger partial charge in [0.2, 0.25) is 0 Å². The Morgan fingerprint density at radius 3 is 2.60 bits per heavy atom. The van der Waals surface area contributed by atoms with E-state index in [0.717, 1.165) is 0 Å². The van der Waals surface area contributed by atoms with Crippen molar-refractivity contribution in [3.05, 3.63) is 34.9 Å². The predicted octanol–water partition coefficient (Wildman–Crippen LogP) is 1.85. The Morgan fingerprint density at radius 1 is 1.25 bits per heavy atom. The number of carboxylic acid groups (broad SMARTS) is 1. The number of nitrogens with zero attached hydrogens (tertiary/aromatic N) is 1. The zero-order valence-electron chi connectivity index (χ0n) is 10.7. The fourth-order valence-corrected chi connectivity index (χ4v) is 2.49. The summed E-state index contributed by atoms with van der Waals surface area (Å²) in [5.41, 5.74) is 0.150. The molecule has 0 bridgehead atoms. The van der Waals surface area contributed by atoms with Gasteiger partial charge in [0.1, 0.15) is 0 Å². The highest BCUT2D eigenvalue weighted by Crippen LogP contribution is 2.20. The molecule has 1 fully saturated rings. The van der Waals surface area contributed by atoms with E-state index in [2.05, 4.69) is 0 Å². The summed E-state index contributed by atoms with van der Waals surface area (Å²) in [6, 6.07) is 6.33. The number of aliphatic carboxylic acids is 1. The number of hydrogen-bond donors (Lipinski definition) is 1. The van der Waals surface area contributed by atoms with E-state index < -0.39 is 23.6 Å². The molecule has 1 aliphatic heterocycles. The summed E-state index contributed by atoms with van der Waals surface area (Å²) in [6.45, 7) is 0.475. The van der Waals surface area contributed by atoms with Crippen LogP contribution < -0.4 is 0 Å². The van der Waals surface area contributed by atoms with Crippen LogP contribution in [-0.4, -0.2) is 40.8 Å². The molecule has 1 N–H and O–H groups in total. The van der Waals surface area contributed by atoms with Crippen molar-refractivity contribution in [3.63, 3.8) is 0 Å². The monoisotopic (exact) mass is 295 g/mol. The number of likely N-dealkylation sites (tertiary alicyclic amines) is 1. The summed E-state index contributed by atoms with van der Waals surface area (Å²) in [6.07, 6.45) is 1.11. The van der Waals surface area contributed by atoms with Crippen LogP contribution >= 0.6 is 11.6 Å². The standard InChI is InChI=1S/C14H14ClNO4/c15-11-6-2-1-5-10(11)12(17)13(18)16-7-3-4-9(8-16)14(19)20/h1-2,5-6,9H,3-4,7-8H2,(H,19,20). The van der Waals surface area contributed by atoms with Crippen molar-refractivity contribution in [3.8, 4) is 0 Å². The summed E-state index contributed by atoms with van der Waals surface area (Å²) in [5, 5.41) is 9.21. The fraction of sp³-hybridized carbons (Fsp3) is 0.357. The molecular weight excluding hydrogens is 282 g/mol. The third kappa shape index (κ3) is 2.99. The highest BCUT2D eigenvalue weighted by atomic mass is 35.5. The van der Waals surface area contributed by atoms with Crippen LogP contribution in [0.15, 0.2) is 24.3 Å². The maximum Gasteiger partial charge on any atom is 0.308 e. The molecule has 0 aromatic heterocycles. The lowest BCUT2D eigenvalue weighted by molar-refractivity contribution is -0.144. The normalized spacial score (nSPS) is 18.6. The lowest BCUT2D eigenvalue weighted by atomic mass is 9.97. The van der Waals surface area contributed by atoms with Crippen LogP contribution in [-0.2, 0) is 9.59 Å². The average molecular weight is 296 g/mol. The molecule has 6 heteroatoms. The molecule has 0 aliphatic carbocycles. The molecular formula is C14H14ClNO4. The molecule has 20 heavy (non-hydrogen) atoms. The first kappa shape index (κ1) is 14.5. The number of carboxylic acids is 1. The van der Waals surface area contributed by atoms with Gasteiger partial charge in [0, 0.05) is 18.7 Å². The van der Waals surface area contributed by atoms with E-state index in [9.17, 15) is 14.4 Å². The molecule has 0 saturated carbocycles. The second-order valence-corrected chi connectivity index (χ2v) is 5.14. The number of carbonyl (C=O) groups excluding carboxylic acids is 2. The minimum atomic E-state index is -0.937. The minimum Gasteiger partial charge on any atom is -0.481 e. The molecule has 1 unspecified atom stereocenters. The summed E-state index contributed by atoms with van der Waals surface area (Å²) in [5.74, 6) is -2.93. The van der Waals surface area contributed by atoms with Crippen LogP contribution in [0.2, 0.25) is 5.02 Å². The Morgan fingerprint density at radius 2 is 1.95 bits per heavy atom. The number of ketones is 1. The van der Waals surface area contributed by atoms with Crippen LogP contribution in [0.25, 0.3) is 0 Å².